The van der Waals surface area contributed by atoms with Crippen molar-refractivity contribution < 1.29 is 14.7 Å². The zero-order valence-corrected chi connectivity index (χ0v) is 12.7. The van der Waals surface area contributed by atoms with Crippen molar-refractivity contribution in [3.63, 3.8) is 0 Å². The van der Waals surface area contributed by atoms with Gasteiger partial charge in [-0.15, -0.1) is 0 Å². The number of carboxylic acid groups (broad SMARTS) is 1. The Bertz CT molecular complexity index is 462. The van der Waals surface area contributed by atoms with Gasteiger partial charge in [0.1, 0.15) is 6.04 Å². The molecule has 1 aromatic carbocycles. The highest BCUT2D eigenvalue weighted by Gasteiger charge is 2.20. The molecule has 6 heteroatoms. The van der Waals surface area contributed by atoms with Crippen LogP contribution in [0.25, 0.3) is 0 Å². The van der Waals surface area contributed by atoms with E-state index < -0.39 is 18.0 Å². The number of carbonyl (C=O) groups excluding carboxylic acids is 1. The number of benzene rings is 1. The number of carbonyl (C=O) groups is 2. The molecule has 0 fully saturated rings. The second-order valence-corrected chi connectivity index (χ2v) is 5.25. The molecule has 0 heterocycles. The predicted molar refractivity (Wildman–Crippen MR) is 81.3 cm³/mol. The van der Waals surface area contributed by atoms with E-state index in [1.165, 1.54) is 0 Å². The summed E-state index contributed by atoms with van der Waals surface area (Å²) in [5, 5.41) is 14.4. The molecule has 0 aliphatic rings. The fraction of sp³-hybridized carbons (Fsp3) is 0.467. The smallest absolute Gasteiger partial charge is 0.326 e. The Labute approximate surface area is 125 Å². The van der Waals surface area contributed by atoms with Gasteiger partial charge >= 0.3 is 12.0 Å². The zero-order chi connectivity index (χ0) is 15.8. The lowest BCUT2D eigenvalue weighted by Crippen LogP contribution is -2.49. The second-order valence-electron chi connectivity index (χ2n) is 5.25. The van der Waals surface area contributed by atoms with Crippen molar-refractivity contribution in [2.75, 3.05) is 20.6 Å². The van der Waals surface area contributed by atoms with Crippen LogP contribution in [0.4, 0.5) is 4.79 Å². The maximum atomic E-state index is 11.8. The first-order chi connectivity index (χ1) is 9.90. The molecule has 2 atom stereocenters. The van der Waals surface area contributed by atoms with E-state index in [0.717, 1.165) is 5.56 Å². The number of likely N-dealkylation sites (N-methyl/N-ethyl adjacent to an activating group) is 1. The Balaban J connectivity index is 2.51. The molecule has 0 spiro atoms. The van der Waals surface area contributed by atoms with Crippen molar-refractivity contribution in [2.45, 2.75) is 25.4 Å². The number of urea groups is 1. The zero-order valence-electron chi connectivity index (χ0n) is 12.7. The minimum absolute atomic E-state index is 0.174. The molecule has 0 aromatic heterocycles. The highest BCUT2D eigenvalue weighted by atomic mass is 16.4. The van der Waals surface area contributed by atoms with Gasteiger partial charge in [0.25, 0.3) is 0 Å². The molecule has 21 heavy (non-hydrogen) atoms. The van der Waals surface area contributed by atoms with Gasteiger partial charge in [0, 0.05) is 19.0 Å². The van der Waals surface area contributed by atoms with E-state index in [4.69, 9.17) is 0 Å². The first-order valence-corrected chi connectivity index (χ1v) is 6.87. The number of hydrogen-bond acceptors (Lipinski definition) is 3. The summed E-state index contributed by atoms with van der Waals surface area (Å²) in [4.78, 5) is 25.0. The van der Waals surface area contributed by atoms with Crippen LogP contribution in [0, 0.1) is 0 Å². The summed E-state index contributed by atoms with van der Waals surface area (Å²) in [6.45, 7) is 2.43. The first-order valence-electron chi connectivity index (χ1n) is 6.87. The van der Waals surface area contributed by atoms with Crippen LogP contribution in [0.15, 0.2) is 30.3 Å². The molecule has 0 aliphatic carbocycles. The molecule has 0 aliphatic heterocycles. The predicted octanol–water partition coefficient (Wildman–Crippen LogP) is 0.932. The minimum atomic E-state index is -1.05. The summed E-state index contributed by atoms with van der Waals surface area (Å²) in [6, 6.07) is 7.98. The van der Waals surface area contributed by atoms with Gasteiger partial charge in [0.05, 0.1) is 0 Å². The molecular formula is C15H23N3O3. The summed E-state index contributed by atoms with van der Waals surface area (Å²) in [5.41, 5.74) is 0.867. The number of carboxylic acids is 1. The van der Waals surface area contributed by atoms with Crippen molar-refractivity contribution in [3.05, 3.63) is 35.9 Å². The normalized spacial score (nSPS) is 13.5. The Hall–Kier alpha value is -2.08. The summed E-state index contributed by atoms with van der Waals surface area (Å²) in [5.74, 6) is -1.05. The molecule has 6 nitrogen and oxygen atoms in total. The van der Waals surface area contributed by atoms with Crippen molar-refractivity contribution in [2.24, 2.45) is 0 Å². The van der Waals surface area contributed by atoms with Crippen LogP contribution >= 0.6 is 0 Å². The van der Waals surface area contributed by atoms with E-state index >= 15 is 0 Å². The van der Waals surface area contributed by atoms with Gasteiger partial charge in [-0.2, -0.15) is 0 Å². The third-order valence-electron chi connectivity index (χ3n) is 3.33. The Morgan fingerprint density at radius 1 is 1.24 bits per heavy atom. The lowest BCUT2D eigenvalue weighted by atomic mass is 10.1. The molecule has 2 amide bonds. The number of aliphatic carboxylic acids is 1. The van der Waals surface area contributed by atoms with E-state index in [9.17, 15) is 14.7 Å². The molecule has 116 valence electrons. The Kier molecular flexibility index (Phi) is 6.68. The fourth-order valence-corrected chi connectivity index (χ4v) is 1.68. The van der Waals surface area contributed by atoms with Crippen LogP contribution in [0.5, 0.6) is 0 Å². The molecule has 3 N–H and O–H groups in total. The highest BCUT2D eigenvalue weighted by Crippen LogP contribution is 2.03. The molecule has 1 aromatic rings. The maximum absolute atomic E-state index is 11.8. The minimum Gasteiger partial charge on any atom is -0.480 e. The van der Waals surface area contributed by atoms with Crippen LogP contribution in [-0.2, 0) is 11.2 Å². The summed E-state index contributed by atoms with van der Waals surface area (Å²) < 4.78 is 0. The van der Waals surface area contributed by atoms with E-state index in [2.05, 4.69) is 10.6 Å². The lowest BCUT2D eigenvalue weighted by molar-refractivity contribution is -0.139. The van der Waals surface area contributed by atoms with E-state index in [-0.39, 0.29) is 12.5 Å². The lowest BCUT2D eigenvalue weighted by Gasteiger charge is -2.21. The van der Waals surface area contributed by atoms with Crippen LogP contribution in [0.2, 0.25) is 0 Å². The molecule has 0 radical (unpaired) electrons. The van der Waals surface area contributed by atoms with Crippen LogP contribution in [0.1, 0.15) is 12.5 Å². The fourth-order valence-electron chi connectivity index (χ4n) is 1.68. The molecule has 1 rings (SSSR count). The third kappa shape index (κ3) is 6.27. The van der Waals surface area contributed by atoms with E-state index in [1.54, 1.807) is 0 Å². The quantitative estimate of drug-likeness (QED) is 0.698. The summed E-state index contributed by atoms with van der Waals surface area (Å²) in [6.07, 6.45) is 0.257. The van der Waals surface area contributed by atoms with E-state index in [0.29, 0.717) is 6.54 Å². The van der Waals surface area contributed by atoms with Gasteiger partial charge in [0.2, 0.25) is 0 Å². The van der Waals surface area contributed by atoms with Gasteiger partial charge in [0.15, 0.2) is 0 Å². The van der Waals surface area contributed by atoms with Gasteiger partial charge in [-0.1, -0.05) is 30.3 Å². The third-order valence-corrected chi connectivity index (χ3v) is 3.33. The van der Waals surface area contributed by atoms with Crippen molar-refractivity contribution >= 4 is 12.0 Å². The highest BCUT2D eigenvalue weighted by molar-refractivity contribution is 5.82. The number of amides is 2. The number of nitrogens with one attached hydrogen (secondary N) is 2. The van der Waals surface area contributed by atoms with Crippen LogP contribution in [-0.4, -0.2) is 54.7 Å². The Morgan fingerprint density at radius 3 is 2.38 bits per heavy atom. The topological polar surface area (TPSA) is 81.7 Å². The standard InChI is InChI=1S/C15H23N3O3/c1-11(18(2)3)10-16-15(21)17-13(14(19)20)9-12-7-5-4-6-8-12/h4-8,11,13H,9-10H2,1-3H3,(H,19,20)(H2,16,17,21). The SMILES string of the molecule is CC(CNC(=O)NC(Cc1ccccc1)C(=O)O)N(C)C. The second kappa shape index (κ2) is 8.26. The average Bonchev–Trinajstić information content (AvgIpc) is 2.44. The Morgan fingerprint density at radius 2 is 1.86 bits per heavy atom. The molecule has 0 saturated heterocycles. The molecule has 0 saturated carbocycles. The number of nitrogens with zero attached hydrogens (tertiary/aromatic N) is 1. The monoisotopic (exact) mass is 293 g/mol. The van der Waals surface area contributed by atoms with Crippen molar-refractivity contribution in [1.29, 1.82) is 0 Å². The van der Waals surface area contributed by atoms with Gasteiger partial charge in [-0.05, 0) is 26.6 Å². The summed E-state index contributed by atoms with van der Waals surface area (Å²) in [7, 11) is 3.83. The van der Waals surface area contributed by atoms with Gasteiger partial charge < -0.3 is 20.6 Å². The van der Waals surface area contributed by atoms with Crippen molar-refractivity contribution in [1.82, 2.24) is 15.5 Å². The molecule has 2 unspecified atom stereocenters. The van der Waals surface area contributed by atoms with Crippen LogP contribution in [0.3, 0.4) is 0 Å². The van der Waals surface area contributed by atoms with Gasteiger partial charge in [-0.3, -0.25) is 0 Å². The maximum Gasteiger partial charge on any atom is 0.326 e. The number of rotatable bonds is 7. The number of hydrogen-bond donors (Lipinski definition) is 3. The van der Waals surface area contributed by atoms with E-state index in [1.807, 2.05) is 56.3 Å². The largest absolute Gasteiger partial charge is 0.480 e. The molecular weight excluding hydrogens is 270 g/mol. The van der Waals surface area contributed by atoms with Crippen molar-refractivity contribution in [3.8, 4) is 0 Å². The van der Waals surface area contributed by atoms with Gasteiger partial charge in [-0.25, -0.2) is 9.59 Å². The molecule has 0 bridgehead atoms. The summed E-state index contributed by atoms with van der Waals surface area (Å²) >= 11 is 0. The first kappa shape index (κ1) is 17.0. The van der Waals surface area contributed by atoms with Crippen LogP contribution < -0.4 is 10.6 Å². The average molecular weight is 293 g/mol.